The fourth-order valence-corrected chi connectivity index (χ4v) is 2.25. The molecule has 2 aromatic carbocycles. The molecule has 0 heterocycles. The summed E-state index contributed by atoms with van der Waals surface area (Å²) in [7, 11) is 0. The van der Waals surface area contributed by atoms with Gasteiger partial charge in [-0.05, 0) is 49.2 Å². The SMILES string of the molecule is CCCCOc1ccc(C(=O)NCc2ccc(F)cc2)cc1OCC. The summed E-state index contributed by atoms with van der Waals surface area (Å²) < 4.78 is 24.2. The van der Waals surface area contributed by atoms with Crippen LogP contribution in [0, 0.1) is 5.82 Å². The zero-order valence-corrected chi connectivity index (χ0v) is 14.7. The predicted molar refractivity (Wildman–Crippen MR) is 95.6 cm³/mol. The maximum atomic E-state index is 12.9. The quantitative estimate of drug-likeness (QED) is 0.688. The van der Waals surface area contributed by atoms with Gasteiger partial charge in [-0.1, -0.05) is 25.5 Å². The highest BCUT2D eigenvalue weighted by molar-refractivity contribution is 5.94. The number of unbranched alkanes of at least 4 members (excludes halogenated alkanes) is 1. The van der Waals surface area contributed by atoms with Gasteiger partial charge in [-0.2, -0.15) is 0 Å². The van der Waals surface area contributed by atoms with Gasteiger partial charge in [0, 0.05) is 12.1 Å². The molecule has 0 aliphatic heterocycles. The minimum atomic E-state index is -0.296. The van der Waals surface area contributed by atoms with E-state index >= 15 is 0 Å². The number of amides is 1. The van der Waals surface area contributed by atoms with E-state index in [1.165, 1.54) is 12.1 Å². The molecule has 0 aliphatic rings. The van der Waals surface area contributed by atoms with E-state index in [1.54, 1.807) is 30.3 Å². The maximum absolute atomic E-state index is 12.9. The van der Waals surface area contributed by atoms with Gasteiger partial charge in [0.2, 0.25) is 0 Å². The Hall–Kier alpha value is -2.56. The monoisotopic (exact) mass is 345 g/mol. The van der Waals surface area contributed by atoms with Crippen LogP contribution in [-0.2, 0) is 6.54 Å². The topological polar surface area (TPSA) is 47.6 Å². The molecule has 0 spiro atoms. The highest BCUT2D eigenvalue weighted by atomic mass is 19.1. The molecule has 5 heteroatoms. The molecule has 1 N–H and O–H groups in total. The molecule has 0 fully saturated rings. The zero-order chi connectivity index (χ0) is 18.1. The van der Waals surface area contributed by atoms with Gasteiger partial charge in [0.25, 0.3) is 5.91 Å². The smallest absolute Gasteiger partial charge is 0.251 e. The summed E-state index contributed by atoms with van der Waals surface area (Å²) in [5.41, 5.74) is 1.33. The van der Waals surface area contributed by atoms with Crippen molar-refractivity contribution in [3.05, 3.63) is 59.4 Å². The van der Waals surface area contributed by atoms with Crippen LogP contribution in [0.3, 0.4) is 0 Å². The summed E-state index contributed by atoms with van der Waals surface area (Å²) in [4.78, 5) is 12.3. The van der Waals surface area contributed by atoms with Crippen molar-refractivity contribution in [1.82, 2.24) is 5.32 Å². The van der Waals surface area contributed by atoms with Crippen LogP contribution in [0.2, 0.25) is 0 Å². The number of ether oxygens (including phenoxy) is 2. The Kier molecular flexibility index (Phi) is 7.26. The number of halogens is 1. The average molecular weight is 345 g/mol. The lowest BCUT2D eigenvalue weighted by atomic mass is 10.1. The van der Waals surface area contributed by atoms with E-state index in [4.69, 9.17) is 9.47 Å². The van der Waals surface area contributed by atoms with E-state index in [-0.39, 0.29) is 11.7 Å². The van der Waals surface area contributed by atoms with Crippen molar-refractivity contribution < 1.29 is 18.7 Å². The first-order valence-electron chi connectivity index (χ1n) is 8.56. The van der Waals surface area contributed by atoms with Gasteiger partial charge >= 0.3 is 0 Å². The van der Waals surface area contributed by atoms with Crippen LogP contribution >= 0.6 is 0 Å². The summed E-state index contributed by atoms with van der Waals surface area (Å²) in [5.74, 6) is 0.693. The molecular formula is C20H24FNO3. The summed E-state index contributed by atoms with van der Waals surface area (Å²) in [6.45, 7) is 5.42. The highest BCUT2D eigenvalue weighted by Gasteiger charge is 2.11. The maximum Gasteiger partial charge on any atom is 0.251 e. The predicted octanol–water partition coefficient (Wildman–Crippen LogP) is 4.33. The molecule has 0 aromatic heterocycles. The van der Waals surface area contributed by atoms with Crippen LogP contribution < -0.4 is 14.8 Å². The third kappa shape index (κ3) is 5.78. The summed E-state index contributed by atoms with van der Waals surface area (Å²) in [6, 6.07) is 11.2. The second kappa shape index (κ2) is 9.67. The summed E-state index contributed by atoms with van der Waals surface area (Å²) in [5, 5.41) is 2.82. The Bertz CT molecular complexity index is 686. The molecule has 0 aliphatic carbocycles. The molecule has 0 bridgehead atoms. The number of nitrogens with one attached hydrogen (secondary N) is 1. The number of carbonyl (C=O) groups excluding carboxylic acids is 1. The van der Waals surface area contributed by atoms with Crippen LogP contribution in [0.1, 0.15) is 42.6 Å². The van der Waals surface area contributed by atoms with Crippen LogP contribution in [-0.4, -0.2) is 19.1 Å². The van der Waals surface area contributed by atoms with Crippen molar-refractivity contribution in [3.63, 3.8) is 0 Å². The minimum Gasteiger partial charge on any atom is -0.490 e. The molecule has 2 aromatic rings. The second-order valence-corrected chi connectivity index (χ2v) is 5.61. The molecule has 2 rings (SSSR count). The van der Waals surface area contributed by atoms with E-state index in [0.29, 0.717) is 36.8 Å². The number of hydrogen-bond acceptors (Lipinski definition) is 3. The largest absolute Gasteiger partial charge is 0.490 e. The molecule has 4 nitrogen and oxygen atoms in total. The van der Waals surface area contributed by atoms with Crippen LogP contribution in [0.15, 0.2) is 42.5 Å². The molecule has 0 unspecified atom stereocenters. The van der Waals surface area contributed by atoms with Crippen molar-refractivity contribution in [2.75, 3.05) is 13.2 Å². The first-order chi connectivity index (χ1) is 12.1. The normalized spacial score (nSPS) is 10.4. The Labute approximate surface area is 148 Å². The molecule has 0 saturated carbocycles. The number of benzene rings is 2. The zero-order valence-electron chi connectivity index (χ0n) is 14.7. The van der Waals surface area contributed by atoms with Gasteiger partial charge in [0.1, 0.15) is 5.82 Å². The van der Waals surface area contributed by atoms with Gasteiger partial charge < -0.3 is 14.8 Å². The van der Waals surface area contributed by atoms with Gasteiger partial charge in [-0.15, -0.1) is 0 Å². The Morgan fingerprint density at radius 1 is 1.04 bits per heavy atom. The molecule has 25 heavy (non-hydrogen) atoms. The van der Waals surface area contributed by atoms with Crippen molar-refractivity contribution >= 4 is 5.91 Å². The van der Waals surface area contributed by atoms with Gasteiger partial charge in [-0.25, -0.2) is 4.39 Å². The van der Waals surface area contributed by atoms with Crippen LogP contribution in [0.5, 0.6) is 11.5 Å². The van der Waals surface area contributed by atoms with Crippen molar-refractivity contribution in [1.29, 1.82) is 0 Å². The molecule has 0 saturated heterocycles. The highest BCUT2D eigenvalue weighted by Crippen LogP contribution is 2.28. The Balaban J connectivity index is 2.02. The van der Waals surface area contributed by atoms with Crippen LogP contribution in [0.25, 0.3) is 0 Å². The molecule has 0 atom stereocenters. The second-order valence-electron chi connectivity index (χ2n) is 5.61. The molecule has 0 radical (unpaired) electrons. The molecular weight excluding hydrogens is 321 g/mol. The lowest BCUT2D eigenvalue weighted by Crippen LogP contribution is -2.22. The Morgan fingerprint density at radius 2 is 1.80 bits per heavy atom. The van der Waals surface area contributed by atoms with Gasteiger partial charge in [0.05, 0.1) is 13.2 Å². The third-order valence-electron chi connectivity index (χ3n) is 3.63. The minimum absolute atomic E-state index is 0.217. The van der Waals surface area contributed by atoms with Crippen molar-refractivity contribution in [2.24, 2.45) is 0 Å². The first-order valence-corrected chi connectivity index (χ1v) is 8.56. The van der Waals surface area contributed by atoms with E-state index in [0.717, 1.165) is 18.4 Å². The lowest BCUT2D eigenvalue weighted by molar-refractivity contribution is 0.0950. The summed E-state index contributed by atoms with van der Waals surface area (Å²) >= 11 is 0. The van der Waals surface area contributed by atoms with Crippen molar-refractivity contribution in [2.45, 2.75) is 33.2 Å². The number of rotatable bonds is 9. The van der Waals surface area contributed by atoms with E-state index in [2.05, 4.69) is 12.2 Å². The van der Waals surface area contributed by atoms with Gasteiger partial charge in [0.15, 0.2) is 11.5 Å². The van der Waals surface area contributed by atoms with Crippen molar-refractivity contribution in [3.8, 4) is 11.5 Å². The van der Waals surface area contributed by atoms with E-state index in [1.807, 2.05) is 6.92 Å². The van der Waals surface area contributed by atoms with E-state index in [9.17, 15) is 9.18 Å². The standard InChI is InChI=1S/C20H24FNO3/c1-3-5-12-25-18-11-8-16(13-19(18)24-4-2)20(23)22-14-15-6-9-17(21)10-7-15/h6-11,13H,3-5,12,14H2,1-2H3,(H,22,23). The molecule has 134 valence electrons. The van der Waals surface area contributed by atoms with E-state index < -0.39 is 0 Å². The lowest BCUT2D eigenvalue weighted by Gasteiger charge is -2.13. The fraction of sp³-hybridized carbons (Fsp3) is 0.350. The van der Waals surface area contributed by atoms with Gasteiger partial charge in [-0.3, -0.25) is 4.79 Å². The number of carbonyl (C=O) groups is 1. The molecule has 1 amide bonds. The Morgan fingerprint density at radius 3 is 2.48 bits per heavy atom. The average Bonchev–Trinajstić information content (AvgIpc) is 2.62. The van der Waals surface area contributed by atoms with Crippen LogP contribution in [0.4, 0.5) is 4.39 Å². The summed E-state index contributed by atoms with van der Waals surface area (Å²) in [6.07, 6.45) is 2.01. The fourth-order valence-electron chi connectivity index (χ4n) is 2.25. The first kappa shape index (κ1) is 18.8. The third-order valence-corrected chi connectivity index (χ3v) is 3.63. The number of hydrogen-bond donors (Lipinski definition) is 1.